The van der Waals surface area contributed by atoms with Gasteiger partial charge in [0.15, 0.2) is 0 Å². The van der Waals surface area contributed by atoms with E-state index in [2.05, 4.69) is 49.5 Å². The minimum Gasteiger partial charge on any atom is -0.378 e. The molecule has 4 nitrogen and oxygen atoms in total. The van der Waals surface area contributed by atoms with E-state index >= 15 is 0 Å². The lowest BCUT2D eigenvalue weighted by Crippen LogP contribution is -2.56. The number of hydrogen-bond donors (Lipinski definition) is 0. The molecule has 0 bridgehead atoms. The summed E-state index contributed by atoms with van der Waals surface area (Å²) < 4.78 is 6.30. The fraction of sp³-hybridized carbons (Fsp3) is 0.583. The Morgan fingerprint density at radius 2 is 1.94 bits per heavy atom. The van der Waals surface area contributed by atoms with Crippen molar-refractivity contribution in [2.24, 2.45) is 0 Å². The first-order valence-corrected chi connectivity index (χ1v) is 7.09. The highest BCUT2D eigenvalue weighted by Crippen LogP contribution is 2.19. The predicted molar refractivity (Wildman–Crippen MR) is 75.3 cm³/mol. The molecule has 2 aliphatic heterocycles. The molecule has 0 amide bonds. The molecule has 2 saturated heterocycles. The van der Waals surface area contributed by atoms with Crippen LogP contribution in [0.3, 0.4) is 0 Å². The van der Waals surface area contributed by atoms with Crippen molar-refractivity contribution in [2.75, 3.05) is 44.3 Å². The third-order valence-corrected chi connectivity index (χ3v) is 4.17. The molecule has 92 valence electrons. The largest absolute Gasteiger partial charge is 0.378 e. The molecule has 1 aromatic rings. The van der Waals surface area contributed by atoms with Gasteiger partial charge in [-0.25, -0.2) is 4.98 Å². The van der Waals surface area contributed by atoms with Crippen LogP contribution in [0.15, 0.2) is 18.3 Å². The van der Waals surface area contributed by atoms with Crippen LogP contribution in [-0.4, -0.2) is 55.3 Å². The molecule has 3 heterocycles. The van der Waals surface area contributed by atoms with E-state index in [0.717, 1.165) is 43.1 Å². The van der Waals surface area contributed by atoms with Gasteiger partial charge in [0.25, 0.3) is 0 Å². The molecule has 0 unspecified atom stereocenters. The van der Waals surface area contributed by atoms with Crippen molar-refractivity contribution >= 4 is 28.3 Å². The highest BCUT2D eigenvalue weighted by Gasteiger charge is 2.28. The molecule has 0 radical (unpaired) electrons. The van der Waals surface area contributed by atoms with Gasteiger partial charge in [-0.15, -0.1) is 0 Å². The van der Waals surface area contributed by atoms with E-state index in [1.165, 1.54) is 5.69 Å². The fourth-order valence-corrected chi connectivity index (χ4v) is 2.65. The zero-order chi connectivity index (χ0) is 11.7. The van der Waals surface area contributed by atoms with Gasteiger partial charge >= 0.3 is 0 Å². The summed E-state index contributed by atoms with van der Waals surface area (Å²) in [4.78, 5) is 9.30. The summed E-state index contributed by atoms with van der Waals surface area (Å²) in [5.41, 5.74) is 1.25. The number of pyridine rings is 1. The predicted octanol–water partition coefficient (Wildman–Crippen LogP) is 1.21. The summed E-state index contributed by atoms with van der Waals surface area (Å²) in [7, 11) is 0. The summed E-state index contributed by atoms with van der Waals surface area (Å²) in [5.74, 6) is 0. The van der Waals surface area contributed by atoms with Crippen molar-refractivity contribution in [3.8, 4) is 0 Å². The maximum Gasteiger partial charge on any atom is 0.101 e. The molecule has 0 N–H and O–H groups in total. The van der Waals surface area contributed by atoms with Crippen LogP contribution >= 0.6 is 22.6 Å². The Hall–Kier alpha value is -0.400. The van der Waals surface area contributed by atoms with Gasteiger partial charge in [-0.2, -0.15) is 0 Å². The van der Waals surface area contributed by atoms with Gasteiger partial charge in [0.05, 0.1) is 31.1 Å². The maximum atomic E-state index is 5.25. The van der Waals surface area contributed by atoms with Crippen molar-refractivity contribution in [1.29, 1.82) is 0 Å². The van der Waals surface area contributed by atoms with Crippen LogP contribution in [0.2, 0.25) is 0 Å². The average molecular weight is 345 g/mol. The minimum absolute atomic E-state index is 0.673. The molecule has 0 aliphatic carbocycles. The number of halogens is 1. The van der Waals surface area contributed by atoms with E-state index in [1.54, 1.807) is 0 Å². The van der Waals surface area contributed by atoms with E-state index in [0.29, 0.717) is 6.04 Å². The first-order chi connectivity index (χ1) is 8.33. The van der Waals surface area contributed by atoms with Gasteiger partial charge in [-0.1, -0.05) is 0 Å². The van der Waals surface area contributed by atoms with Crippen molar-refractivity contribution in [3.63, 3.8) is 0 Å². The van der Waals surface area contributed by atoms with E-state index in [9.17, 15) is 0 Å². The summed E-state index contributed by atoms with van der Waals surface area (Å²) in [5, 5.41) is 0. The van der Waals surface area contributed by atoms with E-state index < -0.39 is 0 Å². The molecular weight excluding hydrogens is 329 g/mol. The van der Waals surface area contributed by atoms with Crippen LogP contribution < -0.4 is 4.90 Å². The van der Waals surface area contributed by atoms with Gasteiger partial charge in [-0.05, 0) is 34.7 Å². The van der Waals surface area contributed by atoms with Gasteiger partial charge < -0.3 is 9.64 Å². The highest BCUT2D eigenvalue weighted by molar-refractivity contribution is 14.1. The third kappa shape index (κ3) is 2.56. The molecule has 0 spiro atoms. The van der Waals surface area contributed by atoms with Crippen molar-refractivity contribution in [2.45, 2.75) is 6.04 Å². The molecule has 0 aromatic carbocycles. The van der Waals surface area contributed by atoms with Crippen LogP contribution in [0.5, 0.6) is 0 Å². The lowest BCUT2D eigenvalue weighted by molar-refractivity contribution is -0.0660. The van der Waals surface area contributed by atoms with Crippen LogP contribution in [0.4, 0.5) is 5.69 Å². The van der Waals surface area contributed by atoms with E-state index in [1.807, 2.05) is 6.20 Å². The number of piperazine rings is 1. The summed E-state index contributed by atoms with van der Waals surface area (Å²) in [6.07, 6.45) is 1.98. The quantitative estimate of drug-likeness (QED) is 0.595. The van der Waals surface area contributed by atoms with Crippen molar-refractivity contribution in [1.82, 2.24) is 9.88 Å². The van der Waals surface area contributed by atoms with Crippen molar-refractivity contribution < 1.29 is 4.74 Å². The van der Waals surface area contributed by atoms with Crippen LogP contribution in [0.25, 0.3) is 0 Å². The van der Waals surface area contributed by atoms with Crippen LogP contribution in [0, 0.1) is 3.70 Å². The SMILES string of the molecule is Ic1ccc(N2CCN(C3COC3)CC2)cn1. The monoisotopic (exact) mass is 345 g/mol. The molecule has 1 aromatic heterocycles. The molecule has 3 rings (SSSR count). The normalized spacial score (nSPS) is 22.5. The number of aromatic nitrogens is 1. The second-order valence-corrected chi connectivity index (χ2v) is 5.66. The molecule has 2 aliphatic rings. The fourth-order valence-electron chi connectivity index (χ4n) is 2.33. The Balaban J connectivity index is 1.58. The Bertz CT molecular complexity index is 372. The van der Waals surface area contributed by atoms with Gasteiger partial charge in [-0.3, -0.25) is 4.90 Å². The number of rotatable bonds is 2. The molecular formula is C12H16IN3O. The maximum absolute atomic E-state index is 5.25. The van der Waals surface area contributed by atoms with E-state index in [4.69, 9.17) is 4.74 Å². The Morgan fingerprint density at radius 3 is 2.47 bits per heavy atom. The standard InChI is InChI=1S/C12H16IN3O/c13-12-2-1-10(7-14-12)15-3-5-16(6-4-15)11-8-17-9-11/h1-2,7,11H,3-6,8-9H2. The third-order valence-electron chi connectivity index (χ3n) is 3.53. The molecule has 5 heteroatoms. The summed E-state index contributed by atoms with van der Waals surface area (Å²) >= 11 is 2.24. The van der Waals surface area contributed by atoms with Crippen LogP contribution in [0.1, 0.15) is 0 Å². The number of nitrogens with zero attached hydrogens (tertiary/aromatic N) is 3. The zero-order valence-corrected chi connectivity index (χ0v) is 11.8. The van der Waals surface area contributed by atoms with Gasteiger partial charge in [0.2, 0.25) is 0 Å². The average Bonchev–Trinajstić information content (AvgIpc) is 2.29. The lowest BCUT2D eigenvalue weighted by atomic mass is 10.2. The van der Waals surface area contributed by atoms with Crippen LogP contribution in [-0.2, 0) is 4.74 Å². The lowest BCUT2D eigenvalue weighted by Gasteiger charge is -2.43. The second-order valence-electron chi connectivity index (χ2n) is 4.55. The zero-order valence-electron chi connectivity index (χ0n) is 9.68. The Kier molecular flexibility index (Phi) is 3.49. The first kappa shape index (κ1) is 11.7. The second kappa shape index (κ2) is 5.07. The number of ether oxygens (including phenoxy) is 1. The molecule has 2 fully saturated rings. The minimum atomic E-state index is 0.673. The number of hydrogen-bond acceptors (Lipinski definition) is 4. The molecule has 17 heavy (non-hydrogen) atoms. The first-order valence-electron chi connectivity index (χ1n) is 6.01. The van der Waals surface area contributed by atoms with Gasteiger partial charge in [0.1, 0.15) is 3.70 Å². The van der Waals surface area contributed by atoms with Crippen molar-refractivity contribution in [3.05, 3.63) is 22.0 Å². The number of anilines is 1. The summed E-state index contributed by atoms with van der Waals surface area (Å²) in [6, 6.07) is 4.91. The topological polar surface area (TPSA) is 28.6 Å². The Morgan fingerprint density at radius 1 is 1.18 bits per heavy atom. The van der Waals surface area contributed by atoms with E-state index in [-0.39, 0.29) is 0 Å². The smallest absolute Gasteiger partial charge is 0.101 e. The van der Waals surface area contributed by atoms with Gasteiger partial charge in [0, 0.05) is 26.2 Å². The molecule has 0 saturated carbocycles. The highest BCUT2D eigenvalue weighted by atomic mass is 127. The summed E-state index contributed by atoms with van der Waals surface area (Å²) in [6.45, 7) is 6.31. The molecule has 0 atom stereocenters. The Labute approximate surface area is 115 Å².